The van der Waals surface area contributed by atoms with E-state index >= 15 is 0 Å². The molecule has 1 N–H and O–H groups in total. The second-order valence-electron chi connectivity index (χ2n) is 9.13. The van der Waals surface area contributed by atoms with Crippen LogP contribution in [-0.2, 0) is 23.9 Å². The molecule has 0 saturated heterocycles. The molecule has 1 aliphatic carbocycles. The summed E-state index contributed by atoms with van der Waals surface area (Å²) in [7, 11) is 3.12. The van der Waals surface area contributed by atoms with Gasteiger partial charge < -0.3 is 24.3 Å². The highest BCUT2D eigenvalue weighted by Crippen LogP contribution is 2.49. The Hall–Kier alpha value is -4.07. The van der Waals surface area contributed by atoms with Crippen molar-refractivity contribution in [1.82, 2.24) is 5.32 Å². The number of allylic oxidation sites excluding steroid dienone is 3. The van der Waals surface area contributed by atoms with Crippen molar-refractivity contribution in [2.75, 3.05) is 27.4 Å². The molecule has 2 aromatic carbocycles. The third-order valence-corrected chi connectivity index (χ3v) is 7.05. The molecule has 0 spiro atoms. The quantitative estimate of drug-likeness (QED) is 0.404. The molecule has 8 nitrogen and oxygen atoms in total. The Kier molecular flexibility index (Phi) is 8.20. The molecular formula is C30H33NO7. The minimum atomic E-state index is -1.08. The number of para-hydroxylation sites is 1. The van der Waals surface area contributed by atoms with Gasteiger partial charge in [-0.15, -0.1) is 0 Å². The first-order valence-corrected chi connectivity index (χ1v) is 12.7. The lowest BCUT2D eigenvalue weighted by Gasteiger charge is -2.39. The molecule has 8 heteroatoms. The van der Waals surface area contributed by atoms with Gasteiger partial charge in [0.05, 0.1) is 38.9 Å². The summed E-state index contributed by atoms with van der Waals surface area (Å²) >= 11 is 0. The van der Waals surface area contributed by atoms with Crippen LogP contribution in [0.3, 0.4) is 0 Å². The van der Waals surface area contributed by atoms with Crippen LogP contribution in [0.2, 0.25) is 0 Å². The lowest BCUT2D eigenvalue weighted by Crippen LogP contribution is -2.43. The molecule has 0 unspecified atom stereocenters. The zero-order valence-electron chi connectivity index (χ0n) is 22.3. The van der Waals surface area contributed by atoms with E-state index < -0.39 is 29.7 Å². The predicted molar refractivity (Wildman–Crippen MR) is 141 cm³/mol. The van der Waals surface area contributed by atoms with Crippen LogP contribution in [-0.4, -0.2) is 45.2 Å². The minimum Gasteiger partial charge on any atom is -0.497 e. The number of Topliss-reactive ketones (excluding diaryl/α,β-unsaturated/α-hetero) is 1. The van der Waals surface area contributed by atoms with E-state index in [2.05, 4.69) is 5.32 Å². The second-order valence-corrected chi connectivity index (χ2v) is 9.13. The summed E-state index contributed by atoms with van der Waals surface area (Å²) in [6.45, 7) is 5.56. The molecule has 1 aliphatic heterocycles. The van der Waals surface area contributed by atoms with Gasteiger partial charge in [0.2, 0.25) is 0 Å². The van der Waals surface area contributed by atoms with Gasteiger partial charge in [-0.25, -0.2) is 4.79 Å². The van der Waals surface area contributed by atoms with E-state index in [0.717, 1.165) is 5.56 Å². The first kappa shape index (κ1) is 27.0. The molecule has 4 rings (SSSR count). The summed E-state index contributed by atoms with van der Waals surface area (Å²) in [6, 6.07) is 14.6. The van der Waals surface area contributed by atoms with E-state index in [-0.39, 0.29) is 19.0 Å². The Bertz CT molecular complexity index is 1290. The number of dihydropyridines is 1. The summed E-state index contributed by atoms with van der Waals surface area (Å²) in [5.74, 6) is -2.62. The maximum atomic E-state index is 14.4. The van der Waals surface area contributed by atoms with E-state index in [1.165, 1.54) is 0 Å². The van der Waals surface area contributed by atoms with Gasteiger partial charge in [0.25, 0.3) is 0 Å². The van der Waals surface area contributed by atoms with Crippen molar-refractivity contribution < 1.29 is 33.3 Å². The summed E-state index contributed by atoms with van der Waals surface area (Å²) in [4.78, 5) is 40.9. The van der Waals surface area contributed by atoms with Gasteiger partial charge in [0.15, 0.2) is 5.78 Å². The highest BCUT2D eigenvalue weighted by molar-refractivity contribution is 6.13. The molecule has 38 heavy (non-hydrogen) atoms. The summed E-state index contributed by atoms with van der Waals surface area (Å²) < 4.78 is 21.7. The zero-order chi connectivity index (χ0) is 27.4. The molecule has 0 fully saturated rings. The number of benzene rings is 2. The molecule has 0 radical (unpaired) electrons. The van der Waals surface area contributed by atoms with E-state index in [1.807, 2.05) is 42.5 Å². The number of esters is 2. The van der Waals surface area contributed by atoms with Crippen LogP contribution >= 0.6 is 0 Å². The number of ether oxygens (including phenoxy) is 4. The topological polar surface area (TPSA) is 100 Å². The van der Waals surface area contributed by atoms with Gasteiger partial charge in [-0.05, 0) is 51.0 Å². The van der Waals surface area contributed by atoms with Gasteiger partial charge in [0.1, 0.15) is 17.4 Å². The highest BCUT2D eigenvalue weighted by Gasteiger charge is 2.49. The molecule has 2 aromatic rings. The maximum Gasteiger partial charge on any atom is 0.336 e. The Morgan fingerprint density at radius 1 is 0.947 bits per heavy atom. The number of nitrogens with one attached hydrogen (secondary N) is 1. The molecule has 0 bridgehead atoms. The van der Waals surface area contributed by atoms with Crippen molar-refractivity contribution in [3.05, 3.63) is 82.2 Å². The van der Waals surface area contributed by atoms with E-state index in [0.29, 0.717) is 46.0 Å². The van der Waals surface area contributed by atoms with Crippen LogP contribution in [0.15, 0.2) is 71.1 Å². The van der Waals surface area contributed by atoms with E-state index in [1.54, 1.807) is 41.1 Å². The van der Waals surface area contributed by atoms with Gasteiger partial charge in [-0.1, -0.05) is 30.3 Å². The molecule has 0 amide bonds. The van der Waals surface area contributed by atoms with Crippen molar-refractivity contribution in [2.45, 2.75) is 39.0 Å². The van der Waals surface area contributed by atoms with Crippen LogP contribution in [0.1, 0.15) is 50.2 Å². The number of hydrogen-bond acceptors (Lipinski definition) is 8. The van der Waals surface area contributed by atoms with E-state index in [9.17, 15) is 14.4 Å². The number of carbonyl (C=O) groups is 3. The second kappa shape index (κ2) is 11.5. The lowest BCUT2D eigenvalue weighted by molar-refractivity contribution is -0.152. The van der Waals surface area contributed by atoms with Crippen molar-refractivity contribution >= 4 is 17.7 Å². The average Bonchev–Trinajstić information content (AvgIpc) is 2.92. The standard InChI is InChI=1S/C30H33NO7/c1-6-37-29(33)24-17(3)31-22-16-21(18-12-14-19(35-4)15-13-18)26(30(34)38-7-2)28(32)27(22)25(24)20-10-8-9-11-23(20)36-5/h8-15,21,25-26,31H,6-7,16H2,1-5H3/t21-,25-,26+/m0/s1. The Morgan fingerprint density at radius 3 is 2.26 bits per heavy atom. The van der Waals surface area contributed by atoms with Crippen LogP contribution in [0, 0.1) is 5.92 Å². The van der Waals surface area contributed by atoms with Gasteiger partial charge in [-0.3, -0.25) is 9.59 Å². The molecule has 3 atom stereocenters. The van der Waals surface area contributed by atoms with Crippen molar-refractivity contribution in [3.63, 3.8) is 0 Å². The van der Waals surface area contributed by atoms with Crippen LogP contribution in [0.5, 0.6) is 11.5 Å². The minimum absolute atomic E-state index is 0.144. The van der Waals surface area contributed by atoms with Crippen LogP contribution in [0.4, 0.5) is 0 Å². The van der Waals surface area contributed by atoms with Crippen molar-refractivity contribution in [2.24, 2.45) is 5.92 Å². The van der Waals surface area contributed by atoms with E-state index in [4.69, 9.17) is 18.9 Å². The smallest absolute Gasteiger partial charge is 0.336 e. The largest absolute Gasteiger partial charge is 0.497 e. The summed E-state index contributed by atoms with van der Waals surface area (Å²) in [6.07, 6.45) is 0.371. The molecule has 2 aliphatic rings. The highest BCUT2D eigenvalue weighted by atomic mass is 16.5. The predicted octanol–water partition coefficient (Wildman–Crippen LogP) is 4.42. The van der Waals surface area contributed by atoms with Crippen LogP contribution < -0.4 is 14.8 Å². The molecule has 0 aromatic heterocycles. The Labute approximate surface area is 222 Å². The fourth-order valence-electron chi connectivity index (χ4n) is 5.40. The number of methoxy groups -OCH3 is 2. The fraction of sp³-hybridized carbons (Fsp3) is 0.367. The molecule has 0 saturated carbocycles. The Morgan fingerprint density at radius 2 is 1.63 bits per heavy atom. The van der Waals surface area contributed by atoms with Crippen molar-refractivity contribution in [1.29, 1.82) is 0 Å². The average molecular weight is 520 g/mol. The maximum absolute atomic E-state index is 14.4. The number of carbonyl (C=O) groups excluding carboxylic acids is 3. The van der Waals surface area contributed by atoms with Gasteiger partial charge in [-0.2, -0.15) is 0 Å². The zero-order valence-corrected chi connectivity index (χ0v) is 22.3. The third kappa shape index (κ3) is 4.90. The molecule has 1 heterocycles. The number of ketones is 1. The fourth-order valence-corrected chi connectivity index (χ4v) is 5.40. The van der Waals surface area contributed by atoms with Gasteiger partial charge >= 0.3 is 11.9 Å². The number of rotatable bonds is 8. The normalized spacial score (nSPS) is 20.9. The monoisotopic (exact) mass is 519 g/mol. The lowest BCUT2D eigenvalue weighted by atomic mass is 9.67. The van der Waals surface area contributed by atoms with Gasteiger partial charge in [0, 0.05) is 28.4 Å². The SMILES string of the molecule is CCOC(=O)C1=C(C)NC2=C(C(=O)[C@H](C(=O)OCC)[C@H](c3ccc(OC)cc3)C2)[C@H]1c1ccccc1OC. The summed E-state index contributed by atoms with van der Waals surface area (Å²) in [5.41, 5.74) is 3.38. The van der Waals surface area contributed by atoms with Crippen LogP contribution in [0.25, 0.3) is 0 Å². The molecule has 200 valence electrons. The number of hydrogen-bond donors (Lipinski definition) is 1. The Balaban J connectivity index is 1.91. The first-order chi connectivity index (χ1) is 18.4. The third-order valence-electron chi connectivity index (χ3n) is 7.05. The first-order valence-electron chi connectivity index (χ1n) is 12.7. The summed E-state index contributed by atoms with van der Waals surface area (Å²) in [5, 5.41) is 3.31. The molecular weight excluding hydrogens is 486 g/mol. The van der Waals surface area contributed by atoms with Crippen molar-refractivity contribution in [3.8, 4) is 11.5 Å².